The van der Waals surface area contributed by atoms with Gasteiger partial charge in [0, 0.05) is 17.2 Å². The van der Waals surface area contributed by atoms with Crippen LogP contribution in [-0.2, 0) is 15.6 Å². The van der Waals surface area contributed by atoms with Gasteiger partial charge in [-0.2, -0.15) is 0 Å². The Morgan fingerprint density at radius 1 is 1.42 bits per heavy atom. The summed E-state index contributed by atoms with van der Waals surface area (Å²) in [6.07, 6.45) is 0.729. The number of hydrogen-bond acceptors (Lipinski definition) is 5. The first-order valence-electron chi connectivity index (χ1n) is 5.48. The van der Waals surface area contributed by atoms with Crippen molar-refractivity contribution in [2.45, 2.75) is 32.0 Å². The minimum absolute atomic E-state index is 0.242. The highest BCUT2D eigenvalue weighted by molar-refractivity contribution is 8.13. The van der Waals surface area contributed by atoms with Crippen LogP contribution in [0.25, 0.3) is 10.7 Å². The Hall–Kier alpha value is -0.630. The molecule has 0 unspecified atom stereocenters. The van der Waals surface area contributed by atoms with Crippen molar-refractivity contribution in [3.05, 3.63) is 16.0 Å². The summed E-state index contributed by atoms with van der Waals surface area (Å²) in [4.78, 5) is 0.701. The van der Waals surface area contributed by atoms with Gasteiger partial charge in [-0.25, -0.2) is 8.42 Å². The van der Waals surface area contributed by atoms with Crippen LogP contribution in [-0.4, -0.2) is 23.2 Å². The highest BCUT2D eigenvalue weighted by atomic mass is 35.7. The van der Waals surface area contributed by atoms with E-state index < -0.39 is 9.05 Å². The van der Waals surface area contributed by atoms with Gasteiger partial charge in [-0.3, -0.25) is 4.57 Å². The third-order valence-corrected chi connectivity index (χ3v) is 5.33. The van der Waals surface area contributed by atoms with E-state index in [1.807, 2.05) is 19.2 Å². The van der Waals surface area contributed by atoms with E-state index in [1.54, 1.807) is 0 Å². The van der Waals surface area contributed by atoms with Gasteiger partial charge >= 0.3 is 0 Å². The lowest BCUT2D eigenvalue weighted by molar-refractivity contribution is 0.570. The Labute approximate surface area is 124 Å². The van der Waals surface area contributed by atoms with Crippen molar-refractivity contribution >= 4 is 42.7 Å². The van der Waals surface area contributed by atoms with Gasteiger partial charge < -0.3 is 0 Å². The van der Waals surface area contributed by atoms with Gasteiger partial charge in [-0.15, -0.1) is 21.5 Å². The molecule has 0 radical (unpaired) electrons. The molecule has 19 heavy (non-hydrogen) atoms. The van der Waals surface area contributed by atoms with E-state index in [-0.39, 0.29) is 5.16 Å². The number of rotatable bonds is 4. The van der Waals surface area contributed by atoms with Crippen LogP contribution >= 0.6 is 33.6 Å². The van der Waals surface area contributed by atoms with Crippen LogP contribution in [0.3, 0.4) is 0 Å². The summed E-state index contributed by atoms with van der Waals surface area (Å²) < 4.78 is 24.4. The van der Waals surface area contributed by atoms with E-state index >= 15 is 0 Å². The molecule has 2 aromatic rings. The highest BCUT2D eigenvalue weighted by Gasteiger charge is 2.25. The van der Waals surface area contributed by atoms with Gasteiger partial charge in [0.25, 0.3) is 14.2 Å². The minimum Gasteiger partial charge on any atom is -0.296 e. The maximum Gasteiger partial charge on any atom is 0.296 e. The first-order chi connectivity index (χ1) is 8.86. The molecule has 0 bridgehead atoms. The summed E-state index contributed by atoms with van der Waals surface area (Å²) in [5, 5.41) is 9.80. The second-order valence-electron chi connectivity index (χ2n) is 3.96. The maximum absolute atomic E-state index is 11.5. The van der Waals surface area contributed by atoms with Crippen molar-refractivity contribution in [3.63, 3.8) is 0 Å². The first kappa shape index (κ1) is 14.8. The highest BCUT2D eigenvalue weighted by Crippen LogP contribution is 2.36. The lowest BCUT2D eigenvalue weighted by Crippen LogP contribution is -2.07. The van der Waals surface area contributed by atoms with Crippen molar-refractivity contribution in [3.8, 4) is 10.7 Å². The van der Waals surface area contributed by atoms with Gasteiger partial charge in [0.05, 0.1) is 9.90 Å². The molecule has 2 aromatic heterocycles. The molecule has 2 heterocycles. The molecule has 9 heteroatoms. The van der Waals surface area contributed by atoms with E-state index in [0.717, 1.165) is 12.0 Å². The predicted molar refractivity (Wildman–Crippen MR) is 76.4 cm³/mol. The lowest BCUT2D eigenvalue weighted by atomic mass is 10.3. The molecule has 0 aliphatic heterocycles. The van der Waals surface area contributed by atoms with E-state index in [9.17, 15) is 8.42 Å². The van der Waals surface area contributed by atoms with Crippen molar-refractivity contribution in [1.29, 1.82) is 0 Å². The van der Waals surface area contributed by atoms with E-state index in [0.29, 0.717) is 22.3 Å². The molecule has 2 rings (SSSR count). The molecule has 0 spiro atoms. The fraction of sp³-hybridized carbons (Fsp3) is 0.400. The Balaban J connectivity index is 2.65. The largest absolute Gasteiger partial charge is 0.296 e. The molecular formula is C10H11Cl2N3O2S2. The van der Waals surface area contributed by atoms with Crippen molar-refractivity contribution in [2.75, 3.05) is 0 Å². The summed E-state index contributed by atoms with van der Waals surface area (Å²) in [5.74, 6) is 0.434. The molecule has 104 valence electrons. The van der Waals surface area contributed by atoms with Crippen LogP contribution in [0.2, 0.25) is 5.02 Å². The molecule has 0 amide bonds. The van der Waals surface area contributed by atoms with Crippen LogP contribution in [0.4, 0.5) is 0 Å². The van der Waals surface area contributed by atoms with Crippen LogP contribution in [0, 0.1) is 6.92 Å². The van der Waals surface area contributed by atoms with Crippen molar-refractivity contribution < 1.29 is 8.42 Å². The second kappa shape index (κ2) is 5.40. The average Bonchev–Trinajstić information content (AvgIpc) is 2.85. The third-order valence-electron chi connectivity index (χ3n) is 2.48. The molecular weight excluding hydrogens is 329 g/mol. The van der Waals surface area contributed by atoms with Crippen molar-refractivity contribution in [1.82, 2.24) is 14.8 Å². The zero-order valence-corrected chi connectivity index (χ0v) is 13.4. The van der Waals surface area contributed by atoms with E-state index in [4.69, 9.17) is 22.3 Å². The Bertz CT molecular complexity index is 706. The quantitative estimate of drug-likeness (QED) is 0.801. The zero-order chi connectivity index (χ0) is 14.2. The molecule has 0 N–H and O–H groups in total. The number of thiophene rings is 1. The van der Waals surface area contributed by atoms with Crippen LogP contribution in [0.1, 0.15) is 18.9 Å². The number of nitrogens with zero attached hydrogens (tertiary/aromatic N) is 3. The molecule has 0 aliphatic rings. The topological polar surface area (TPSA) is 64.8 Å². The fourth-order valence-electron chi connectivity index (χ4n) is 1.64. The predicted octanol–water partition coefficient (Wildman–Crippen LogP) is 3.31. The summed E-state index contributed by atoms with van der Waals surface area (Å²) in [6, 6.07) is 0. The molecule has 0 saturated carbocycles. The molecule has 5 nitrogen and oxygen atoms in total. The van der Waals surface area contributed by atoms with Gasteiger partial charge in [0.2, 0.25) is 0 Å². The number of halogens is 2. The Morgan fingerprint density at radius 2 is 2.11 bits per heavy atom. The molecule has 0 atom stereocenters. The maximum atomic E-state index is 11.5. The number of aromatic nitrogens is 3. The SMILES string of the molecule is CCCn1c(-c2scc(C)c2Cl)nnc1S(=O)(=O)Cl. The second-order valence-corrected chi connectivity index (χ2v) is 7.67. The van der Waals surface area contributed by atoms with Crippen LogP contribution in [0.5, 0.6) is 0 Å². The summed E-state index contributed by atoms with van der Waals surface area (Å²) in [6.45, 7) is 4.26. The van der Waals surface area contributed by atoms with Gasteiger partial charge in [0.1, 0.15) is 0 Å². The average molecular weight is 340 g/mol. The third kappa shape index (κ3) is 2.79. The fourth-order valence-corrected chi connectivity index (χ4v) is 3.84. The monoisotopic (exact) mass is 339 g/mol. The smallest absolute Gasteiger partial charge is 0.296 e. The zero-order valence-electron chi connectivity index (χ0n) is 10.2. The normalized spacial score (nSPS) is 12.0. The molecule has 0 aliphatic carbocycles. The molecule has 0 aromatic carbocycles. The standard InChI is InChI=1S/C10H11Cl2N3O2S2/c1-3-4-15-9(8-7(11)6(2)5-18-8)13-14-10(15)19(12,16)17/h5H,3-4H2,1-2H3. The summed E-state index contributed by atoms with van der Waals surface area (Å²) >= 11 is 7.59. The van der Waals surface area contributed by atoms with Gasteiger partial charge in [0.15, 0.2) is 5.82 Å². The Morgan fingerprint density at radius 3 is 2.58 bits per heavy atom. The Kier molecular flexibility index (Phi) is 4.20. The minimum atomic E-state index is -3.93. The van der Waals surface area contributed by atoms with Crippen LogP contribution < -0.4 is 0 Å². The van der Waals surface area contributed by atoms with E-state index in [1.165, 1.54) is 15.9 Å². The molecule has 0 saturated heterocycles. The van der Waals surface area contributed by atoms with Gasteiger partial charge in [-0.05, 0) is 24.3 Å². The number of aryl methyl sites for hydroxylation is 1. The van der Waals surface area contributed by atoms with E-state index in [2.05, 4.69) is 10.2 Å². The first-order valence-corrected chi connectivity index (χ1v) is 9.04. The van der Waals surface area contributed by atoms with Gasteiger partial charge in [-0.1, -0.05) is 18.5 Å². The lowest BCUT2D eigenvalue weighted by Gasteiger charge is -2.06. The summed E-state index contributed by atoms with van der Waals surface area (Å²) in [7, 11) is 1.44. The van der Waals surface area contributed by atoms with Crippen LogP contribution in [0.15, 0.2) is 10.5 Å². The number of hydrogen-bond donors (Lipinski definition) is 0. The summed E-state index contributed by atoms with van der Waals surface area (Å²) in [5.41, 5.74) is 0.919. The van der Waals surface area contributed by atoms with Crippen molar-refractivity contribution in [2.24, 2.45) is 0 Å². The molecule has 0 fully saturated rings.